The number of benzene rings is 4. The number of allylic oxidation sites excluding steroid dienone is 4. The van der Waals surface area contributed by atoms with E-state index in [1.54, 1.807) is 0 Å². The molecule has 1 atom stereocenters. The van der Waals surface area contributed by atoms with Crippen LogP contribution in [0, 0.1) is 37.3 Å². The number of rotatable bonds is 3. The van der Waals surface area contributed by atoms with Gasteiger partial charge in [0.25, 0.3) is 0 Å². The molecule has 0 fully saturated rings. The van der Waals surface area contributed by atoms with Crippen LogP contribution in [0.25, 0.3) is 11.1 Å². The Balaban J connectivity index is 0.000000336. The smallest absolute Gasteiger partial charge is 1.00 e. The van der Waals surface area contributed by atoms with Gasteiger partial charge in [-0.1, -0.05) is 152 Å². The van der Waals surface area contributed by atoms with E-state index in [9.17, 15) is 0 Å². The molecule has 0 radical (unpaired) electrons. The van der Waals surface area contributed by atoms with E-state index in [0.29, 0.717) is 11.3 Å². The van der Waals surface area contributed by atoms with Crippen LogP contribution >= 0.6 is 0 Å². The van der Waals surface area contributed by atoms with E-state index in [0.717, 1.165) is 6.42 Å². The van der Waals surface area contributed by atoms with E-state index in [-0.39, 0.29) is 46.5 Å². The topological polar surface area (TPSA) is 0 Å². The molecule has 0 saturated heterocycles. The minimum atomic E-state index is 0. The van der Waals surface area contributed by atoms with Crippen molar-refractivity contribution in [3.63, 3.8) is 0 Å². The zero-order valence-corrected chi connectivity index (χ0v) is 43.2. The predicted octanol–water partition coefficient (Wildman–Crippen LogP) is 9.03. The zero-order valence-electron chi connectivity index (χ0n) is 39.3. The SMILES string of the molecule is CC(C)(C)c1[c-]c2c(cc1C(C)(C)C)-c1cc(C(C)(C)C)c(C(C)(C)C)cc1C2.CCC1[C-]=CC(C(C)(C)C)=C1.Cc1ccc([C](=[Zr+2])c2ccc(C)cc2)cc1.[Cl-].[Cl-]. The number of hydrogen-bond donors (Lipinski definition) is 0. The van der Waals surface area contributed by atoms with Crippen molar-refractivity contribution >= 4 is 3.21 Å². The molecular formula is C55H72Cl2Zr-2. The first kappa shape index (κ1) is 51.8. The number of fused-ring (bicyclic) bond motifs is 3. The van der Waals surface area contributed by atoms with Gasteiger partial charge in [0.2, 0.25) is 0 Å². The summed E-state index contributed by atoms with van der Waals surface area (Å²) >= 11 is 1.46. The molecule has 0 bridgehead atoms. The quantitative estimate of drug-likeness (QED) is 0.159. The summed E-state index contributed by atoms with van der Waals surface area (Å²) in [5, 5.41) is 0. The normalized spacial score (nSPS) is 14.8. The fraction of sp³-hybridized carbons (Fsp3) is 0.473. The molecule has 1 unspecified atom stereocenters. The summed E-state index contributed by atoms with van der Waals surface area (Å²) in [7, 11) is 0. The maximum atomic E-state index is 3.90. The van der Waals surface area contributed by atoms with Crippen molar-refractivity contribution in [3.8, 4) is 11.1 Å². The second kappa shape index (κ2) is 19.6. The number of hydrogen-bond acceptors (Lipinski definition) is 0. The molecule has 0 aliphatic heterocycles. The Kier molecular flexibility index (Phi) is 17.5. The molecule has 3 heteroatoms. The van der Waals surface area contributed by atoms with Gasteiger partial charge in [0.05, 0.1) is 0 Å². The molecule has 6 rings (SSSR count). The zero-order chi connectivity index (χ0) is 42.2. The van der Waals surface area contributed by atoms with Crippen molar-refractivity contribution in [1.29, 1.82) is 0 Å². The largest absolute Gasteiger partial charge is 1.00 e. The molecule has 312 valence electrons. The number of halogens is 2. The molecule has 58 heavy (non-hydrogen) atoms. The fourth-order valence-corrected chi connectivity index (χ4v) is 8.26. The summed E-state index contributed by atoms with van der Waals surface area (Å²) in [5.74, 6) is 0.573. The molecule has 0 N–H and O–H groups in total. The fourth-order valence-electron chi connectivity index (χ4n) is 7.44. The third kappa shape index (κ3) is 13.1. The first-order valence-electron chi connectivity index (χ1n) is 20.9. The summed E-state index contributed by atoms with van der Waals surface area (Å²) < 4.78 is 1.42. The molecule has 0 saturated carbocycles. The minimum Gasteiger partial charge on any atom is -1.00 e. The van der Waals surface area contributed by atoms with Crippen molar-refractivity contribution in [2.45, 2.75) is 159 Å². The van der Waals surface area contributed by atoms with Gasteiger partial charge >= 0.3 is 112 Å². The van der Waals surface area contributed by atoms with E-state index in [2.05, 4.69) is 216 Å². The van der Waals surface area contributed by atoms with Crippen LogP contribution in [0.1, 0.15) is 173 Å². The molecule has 0 spiro atoms. The van der Waals surface area contributed by atoms with Crippen LogP contribution < -0.4 is 24.8 Å². The summed E-state index contributed by atoms with van der Waals surface area (Å²) in [4.78, 5) is 0. The summed E-state index contributed by atoms with van der Waals surface area (Å²) in [6.45, 7) is 41.2. The number of aryl methyl sites for hydroxylation is 2. The molecule has 0 heterocycles. The minimum absolute atomic E-state index is 0. The summed E-state index contributed by atoms with van der Waals surface area (Å²) in [6, 6.07) is 28.9. The predicted molar refractivity (Wildman–Crippen MR) is 243 cm³/mol. The third-order valence-corrected chi connectivity index (χ3v) is 12.5. The van der Waals surface area contributed by atoms with Gasteiger partial charge in [0.1, 0.15) is 0 Å². The molecule has 2 aliphatic carbocycles. The van der Waals surface area contributed by atoms with E-state index in [1.807, 2.05) is 0 Å². The Morgan fingerprint density at radius 2 is 1.02 bits per heavy atom. The van der Waals surface area contributed by atoms with Gasteiger partial charge < -0.3 is 24.8 Å². The Bertz CT molecular complexity index is 1950. The standard InChI is InChI=1S/C29H41.C15H14.C11H17.2ClH.Zr/c1-26(2,3)22-14-18-13-19-15-23(27(4,5)6)25(29(10,11)12)17-21(19)20(18)16-24(22)28(7,8)9;1-12-3-7-14(8-4-12)11-15-9-5-13(2)6-10-15;1-5-9-6-7-10(8-9)11(2,3)4;;;/h14,16-17H,13H2,1-12H3;3-10H,1-2H3;7-9H,5H2,1-4H3;2*1H;/q-1;;-1;;;+2/p-2. The van der Waals surface area contributed by atoms with E-state index in [1.165, 1.54) is 106 Å². The Labute approximate surface area is 383 Å². The van der Waals surface area contributed by atoms with Crippen molar-refractivity contribution in [2.24, 2.45) is 11.3 Å². The second-order valence-corrected chi connectivity index (χ2v) is 22.7. The van der Waals surface area contributed by atoms with Gasteiger partial charge in [0.15, 0.2) is 0 Å². The molecule has 0 amide bonds. The average molecular weight is 895 g/mol. The van der Waals surface area contributed by atoms with Crippen LogP contribution in [0.3, 0.4) is 0 Å². The van der Waals surface area contributed by atoms with Crippen LogP contribution in [0.15, 0.2) is 84.5 Å². The van der Waals surface area contributed by atoms with Gasteiger partial charge in [-0.05, 0) is 39.4 Å². The van der Waals surface area contributed by atoms with Crippen molar-refractivity contribution in [2.75, 3.05) is 0 Å². The second-order valence-electron chi connectivity index (χ2n) is 21.5. The molecule has 2 aliphatic rings. The van der Waals surface area contributed by atoms with Crippen LogP contribution in [0.4, 0.5) is 0 Å². The summed E-state index contributed by atoms with van der Waals surface area (Å²) in [6.07, 6.45) is 10.0. The molecule has 4 aromatic carbocycles. The average Bonchev–Trinajstić information content (AvgIpc) is 3.72. The Morgan fingerprint density at radius 1 is 0.586 bits per heavy atom. The Morgan fingerprint density at radius 3 is 1.38 bits per heavy atom. The van der Waals surface area contributed by atoms with E-state index in [4.69, 9.17) is 0 Å². The summed E-state index contributed by atoms with van der Waals surface area (Å²) in [5.41, 5.74) is 19.0. The molecule has 4 aromatic rings. The van der Waals surface area contributed by atoms with Gasteiger partial charge in [0, 0.05) is 0 Å². The van der Waals surface area contributed by atoms with Crippen molar-refractivity contribution in [3.05, 3.63) is 152 Å². The van der Waals surface area contributed by atoms with Gasteiger partial charge in [-0.25, -0.2) is 6.08 Å². The molecular weight excluding hydrogens is 823 g/mol. The molecule has 0 nitrogen and oxygen atoms in total. The van der Waals surface area contributed by atoms with Crippen LogP contribution in [-0.2, 0) is 52.3 Å². The van der Waals surface area contributed by atoms with E-state index >= 15 is 0 Å². The van der Waals surface area contributed by atoms with Gasteiger partial charge in [-0.15, -0.1) is 16.7 Å². The van der Waals surface area contributed by atoms with Gasteiger partial charge in [-0.3, -0.25) is 6.08 Å². The monoisotopic (exact) mass is 892 g/mol. The first-order valence-corrected chi connectivity index (χ1v) is 22.2. The first-order chi connectivity index (χ1) is 25.6. The third-order valence-electron chi connectivity index (χ3n) is 11.1. The van der Waals surface area contributed by atoms with Crippen LogP contribution in [-0.4, -0.2) is 3.21 Å². The maximum absolute atomic E-state index is 3.90. The van der Waals surface area contributed by atoms with Crippen molar-refractivity contribution in [1.82, 2.24) is 0 Å². The Hall–Kier alpha value is -2.31. The maximum Gasteiger partial charge on any atom is -1.00 e. The van der Waals surface area contributed by atoms with E-state index < -0.39 is 0 Å². The van der Waals surface area contributed by atoms with Crippen LogP contribution in [0.5, 0.6) is 0 Å². The van der Waals surface area contributed by atoms with Crippen molar-refractivity contribution < 1.29 is 49.0 Å². The van der Waals surface area contributed by atoms with Gasteiger partial charge in [-0.2, -0.15) is 29.3 Å². The molecule has 0 aromatic heterocycles. The van der Waals surface area contributed by atoms with Crippen LogP contribution in [0.2, 0.25) is 0 Å².